The van der Waals surface area contributed by atoms with Crippen LogP contribution in [-0.2, 0) is 9.53 Å². The molecule has 1 aromatic carbocycles. The first-order valence-electron chi connectivity index (χ1n) is 5.12. The number of ether oxygens (including phenoxy) is 1. The molecule has 0 bridgehead atoms. The largest absolute Gasteiger partial charge is 0.374 e. The number of nitrogens with zero attached hydrogens (tertiary/aromatic N) is 1. The highest BCUT2D eigenvalue weighted by molar-refractivity contribution is 7.18. The van der Waals surface area contributed by atoms with Gasteiger partial charge in [0.05, 0.1) is 16.6 Å². The molecule has 1 aromatic heterocycles. The highest BCUT2D eigenvalue weighted by Gasteiger charge is 2.18. The average molecular weight is 251 g/mol. The smallest absolute Gasteiger partial charge is 0.236 e. The predicted molar refractivity (Wildman–Crippen MR) is 66.3 cm³/mol. The van der Waals surface area contributed by atoms with Crippen LogP contribution >= 0.6 is 11.3 Å². The second kappa shape index (κ2) is 5.22. The summed E-state index contributed by atoms with van der Waals surface area (Å²) in [5, 5.41) is 0.789. The second-order valence-electron chi connectivity index (χ2n) is 3.52. The van der Waals surface area contributed by atoms with Gasteiger partial charge in [-0.3, -0.25) is 10.2 Å². The third-order valence-electron chi connectivity index (χ3n) is 2.40. The van der Waals surface area contributed by atoms with Crippen molar-refractivity contribution in [2.45, 2.75) is 12.5 Å². The van der Waals surface area contributed by atoms with E-state index in [2.05, 4.69) is 10.4 Å². The van der Waals surface area contributed by atoms with Gasteiger partial charge in [0, 0.05) is 7.11 Å². The number of carbonyl (C=O) groups is 1. The second-order valence-corrected chi connectivity index (χ2v) is 4.58. The van der Waals surface area contributed by atoms with Crippen molar-refractivity contribution in [3.8, 4) is 0 Å². The van der Waals surface area contributed by atoms with Crippen LogP contribution in [0.4, 0.5) is 0 Å². The maximum absolute atomic E-state index is 11.2. The minimum Gasteiger partial charge on any atom is -0.374 e. The number of para-hydroxylation sites is 1. The van der Waals surface area contributed by atoms with Gasteiger partial charge in [-0.2, -0.15) is 0 Å². The Balaban J connectivity index is 2.27. The Bertz CT molecular complexity index is 493. The topological polar surface area (TPSA) is 77.2 Å². The van der Waals surface area contributed by atoms with Gasteiger partial charge in [0.2, 0.25) is 5.91 Å². The van der Waals surface area contributed by atoms with Gasteiger partial charge in [0.15, 0.2) is 0 Å². The molecule has 90 valence electrons. The summed E-state index contributed by atoms with van der Waals surface area (Å²) in [6.07, 6.45) is -0.178. The van der Waals surface area contributed by atoms with Crippen molar-refractivity contribution in [2.75, 3.05) is 7.11 Å². The zero-order valence-corrected chi connectivity index (χ0v) is 10.2. The summed E-state index contributed by atoms with van der Waals surface area (Å²) in [6.45, 7) is 0. The van der Waals surface area contributed by atoms with Crippen LogP contribution in [0.15, 0.2) is 24.3 Å². The molecule has 0 spiro atoms. The molecule has 1 atom stereocenters. The fourth-order valence-corrected chi connectivity index (χ4v) is 2.57. The van der Waals surface area contributed by atoms with Gasteiger partial charge in [-0.05, 0) is 12.1 Å². The number of nitrogens with one attached hydrogen (secondary N) is 1. The summed E-state index contributed by atoms with van der Waals surface area (Å²) < 4.78 is 6.35. The lowest BCUT2D eigenvalue weighted by Crippen LogP contribution is -2.31. The lowest BCUT2D eigenvalue weighted by atomic mass is 10.2. The Morgan fingerprint density at radius 3 is 3.00 bits per heavy atom. The Hall–Kier alpha value is -1.50. The molecule has 1 heterocycles. The molecule has 6 heteroatoms. The number of rotatable bonds is 4. The third kappa shape index (κ3) is 2.60. The molecule has 0 fully saturated rings. The normalized spacial score (nSPS) is 12.6. The van der Waals surface area contributed by atoms with Crippen LogP contribution in [0.1, 0.15) is 17.5 Å². The molecule has 3 N–H and O–H groups in total. The fraction of sp³-hybridized carbons (Fsp3) is 0.273. The number of fused-ring (bicyclic) bond motifs is 1. The van der Waals surface area contributed by atoms with E-state index in [1.807, 2.05) is 24.3 Å². The number of hydrazine groups is 1. The van der Waals surface area contributed by atoms with E-state index < -0.39 is 0 Å². The first kappa shape index (κ1) is 12.0. The lowest BCUT2D eigenvalue weighted by Gasteiger charge is -2.10. The zero-order chi connectivity index (χ0) is 12.3. The molecule has 0 saturated carbocycles. The van der Waals surface area contributed by atoms with Crippen molar-refractivity contribution in [2.24, 2.45) is 5.84 Å². The highest BCUT2D eigenvalue weighted by Crippen LogP contribution is 2.29. The van der Waals surface area contributed by atoms with Gasteiger partial charge in [-0.25, -0.2) is 10.8 Å². The molecule has 0 aliphatic rings. The average Bonchev–Trinajstić information content (AvgIpc) is 2.78. The number of hydrogen-bond acceptors (Lipinski definition) is 5. The number of thiazole rings is 1. The first-order valence-corrected chi connectivity index (χ1v) is 5.94. The number of aromatic nitrogens is 1. The number of nitrogens with two attached hydrogens (primary N) is 1. The summed E-state index contributed by atoms with van der Waals surface area (Å²) >= 11 is 1.53. The van der Waals surface area contributed by atoms with Gasteiger partial charge in [-0.15, -0.1) is 11.3 Å². The van der Waals surface area contributed by atoms with E-state index in [4.69, 9.17) is 10.6 Å². The Morgan fingerprint density at radius 1 is 1.59 bits per heavy atom. The van der Waals surface area contributed by atoms with Crippen LogP contribution in [0.5, 0.6) is 0 Å². The maximum Gasteiger partial charge on any atom is 0.236 e. The number of amides is 1. The summed E-state index contributed by atoms with van der Waals surface area (Å²) in [4.78, 5) is 15.7. The molecule has 0 unspecified atom stereocenters. The van der Waals surface area contributed by atoms with Crippen molar-refractivity contribution < 1.29 is 9.53 Å². The van der Waals surface area contributed by atoms with E-state index in [1.165, 1.54) is 11.3 Å². The van der Waals surface area contributed by atoms with Gasteiger partial charge >= 0.3 is 0 Å². The molecule has 0 saturated heterocycles. The van der Waals surface area contributed by atoms with Crippen LogP contribution in [0, 0.1) is 0 Å². The number of carbonyl (C=O) groups excluding carboxylic acids is 1. The predicted octanol–water partition coefficient (Wildman–Crippen LogP) is 1.36. The van der Waals surface area contributed by atoms with E-state index in [9.17, 15) is 4.79 Å². The zero-order valence-electron chi connectivity index (χ0n) is 9.34. The summed E-state index contributed by atoms with van der Waals surface area (Å²) in [5.74, 6) is 4.79. The van der Waals surface area contributed by atoms with Crippen LogP contribution in [0.2, 0.25) is 0 Å². The third-order valence-corrected chi connectivity index (χ3v) is 3.53. The first-order chi connectivity index (χ1) is 8.24. The van der Waals surface area contributed by atoms with Crippen molar-refractivity contribution >= 4 is 27.5 Å². The van der Waals surface area contributed by atoms with Crippen LogP contribution < -0.4 is 11.3 Å². The number of methoxy groups -OCH3 is 1. The van der Waals surface area contributed by atoms with E-state index in [0.29, 0.717) is 0 Å². The summed E-state index contributed by atoms with van der Waals surface area (Å²) in [6, 6.07) is 7.82. The lowest BCUT2D eigenvalue weighted by molar-refractivity contribution is -0.123. The standard InChI is InChI=1S/C11H13N3O2S/c1-16-8(6-10(15)14-12)11-13-7-4-2-3-5-9(7)17-11/h2-5,8H,6,12H2,1H3,(H,14,15)/t8-/m0/s1. The van der Waals surface area contributed by atoms with E-state index in [-0.39, 0.29) is 18.4 Å². The van der Waals surface area contributed by atoms with E-state index in [0.717, 1.165) is 15.2 Å². The number of hydrogen-bond donors (Lipinski definition) is 2. The monoisotopic (exact) mass is 251 g/mol. The maximum atomic E-state index is 11.2. The van der Waals surface area contributed by atoms with Crippen LogP contribution in [0.3, 0.4) is 0 Å². The molecular weight excluding hydrogens is 238 g/mol. The fourth-order valence-electron chi connectivity index (χ4n) is 1.53. The van der Waals surface area contributed by atoms with Crippen molar-refractivity contribution in [3.05, 3.63) is 29.3 Å². The molecule has 0 aliphatic carbocycles. The summed E-state index contributed by atoms with van der Waals surface area (Å²) in [5.41, 5.74) is 3.01. The van der Waals surface area contributed by atoms with Crippen molar-refractivity contribution in [1.29, 1.82) is 0 Å². The molecular formula is C11H13N3O2S. The highest BCUT2D eigenvalue weighted by atomic mass is 32.1. The van der Waals surface area contributed by atoms with Crippen LogP contribution in [-0.4, -0.2) is 18.0 Å². The quantitative estimate of drug-likeness (QED) is 0.488. The van der Waals surface area contributed by atoms with Crippen molar-refractivity contribution in [3.63, 3.8) is 0 Å². The van der Waals surface area contributed by atoms with E-state index in [1.54, 1.807) is 7.11 Å². The molecule has 2 aromatic rings. The molecule has 0 aliphatic heterocycles. The van der Waals surface area contributed by atoms with Crippen LogP contribution in [0.25, 0.3) is 10.2 Å². The minimum atomic E-state index is -0.351. The number of benzene rings is 1. The Labute approximate surface area is 103 Å². The molecule has 5 nitrogen and oxygen atoms in total. The SMILES string of the molecule is CO[C@@H](CC(=O)NN)c1nc2ccccc2s1. The van der Waals surface area contributed by atoms with Gasteiger partial charge in [0.1, 0.15) is 11.1 Å². The molecule has 2 rings (SSSR count). The molecule has 1 amide bonds. The summed E-state index contributed by atoms with van der Waals surface area (Å²) in [7, 11) is 1.56. The van der Waals surface area contributed by atoms with E-state index >= 15 is 0 Å². The molecule has 0 radical (unpaired) electrons. The van der Waals surface area contributed by atoms with Gasteiger partial charge in [0.25, 0.3) is 0 Å². The minimum absolute atomic E-state index is 0.173. The van der Waals surface area contributed by atoms with Gasteiger partial charge < -0.3 is 4.74 Å². The Morgan fingerprint density at radius 2 is 2.35 bits per heavy atom. The molecule has 17 heavy (non-hydrogen) atoms. The van der Waals surface area contributed by atoms with Crippen molar-refractivity contribution in [1.82, 2.24) is 10.4 Å². The Kier molecular flexibility index (Phi) is 3.68. The van der Waals surface area contributed by atoms with Gasteiger partial charge in [-0.1, -0.05) is 12.1 Å².